The summed E-state index contributed by atoms with van der Waals surface area (Å²) in [6.45, 7) is 7.88. The van der Waals surface area contributed by atoms with Crippen LogP contribution in [0, 0.1) is 0 Å². The first kappa shape index (κ1) is 16.4. The van der Waals surface area contributed by atoms with E-state index >= 15 is 0 Å². The van der Waals surface area contributed by atoms with Crippen molar-refractivity contribution in [1.82, 2.24) is 4.98 Å². The van der Waals surface area contributed by atoms with Crippen LogP contribution in [0.4, 0.5) is 13.2 Å². The third kappa shape index (κ3) is 5.10. The van der Waals surface area contributed by atoms with E-state index in [1.54, 1.807) is 6.92 Å². The highest BCUT2D eigenvalue weighted by Gasteiger charge is 2.31. The van der Waals surface area contributed by atoms with Crippen molar-refractivity contribution in [2.75, 3.05) is 0 Å². The van der Waals surface area contributed by atoms with Gasteiger partial charge < -0.3 is 5.73 Å². The minimum absolute atomic E-state index is 0.0287. The summed E-state index contributed by atoms with van der Waals surface area (Å²) in [7, 11) is 0. The molecule has 0 aromatic carbocycles. The first-order valence-electron chi connectivity index (χ1n) is 6.24. The lowest BCUT2D eigenvalue weighted by molar-refractivity contribution is -0.136. The van der Waals surface area contributed by atoms with Gasteiger partial charge in [0.15, 0.2) is 0 Å². The number of nitrogens with zero attached hydrogens (tertiary/aromatic N) is 1. The molecule has 0 fully saturated rings. The lowest BCUT2D eigenvalue weighted by Crippen LogP contribution is -2.33. The zero-order valence-corrected chi connectivity index (χ0v) is 12.6. The smallest absolute Gasteiger partial charge is 0.320 e. The molecule has 0 spiro atoms. The van der Waals surface area contributed by atoms with E-state index in [0.29, 0.717) is 5.01 Å². The minimum atomic E-state index is -4.12. The molecule has 6 heteroatoms. The zero-order valence-electron chi connectivity index (χ0n) is 11.8. The lowest BCUT2D eigenvalue weighted by atomic mass is 9.92. The second kappa shape index (κ2) is 5.40. The van der Waals surface area contributed by atoms with Gasteiger partial charge in [0.25, 0.3) is 0 Å². The number of alkyl halides is 3. The molecule has 1 heterocycles. The van der Waals surface area contributed by atoms with Gasteiger partial charge in [-0.1, -0.05) is 20.8 Å². The van der Waals surface area contributed by atoms with Crippen LogP contribution in [0.1, 0.15) is 57.7 Å². The Morgan fingerprint density at radius 1 is 1.16 bits per heavy atom. The third-order valence-electron chi connectivity index (χ3n) is 2.92. The van der Waals surface area contributed by atoms with E-state index in [0.717, 1.165) is 5.69 Å². The molecule has 0 saturated heterocycles. The van der Waals surface area contributed by atoms with Gasteiger partial charge in [-0.15, -0.1) is 11.3 Å². The molecule has 1 atom stereocenters. The monoisotopic (exact) mass is 294 g/mol. The number of halogens is 3. The number of rotatable bonds is 4. The van der Waals surface area contributed by atoms with Crippen molar-refractivity contribution in [2.45, 2.75) is 64.1 Å². The summed E-state index contributed by atoms with van der Waals surface area (Å²) in [5.74, 6) is 0. The fourth-order valence-corrected chi connectivity index (χ4v) is 2.80. The summed E-state index contributed by atoms with van der Waals surface area (Å²) >= 11 is 1.42. The molecule has 110 valence electrons. The SMILES string of the molecule is CC(C)(C)c1csc(C(C)(N)CCCC(F)(F)F)n1. The van der Waals surface area contributed by atoms with Crippen LogP contribution in [0.3, 0.4) is 0 Å². The van der Waals surface area contributed by atoms with Gasteiger partial charge in [0.1, 0.15) is 5.01 Å². The van der Waals surface area contributed by atoms with E-state index in [9.17, 15) is 13.2 Å². The third-order valence-corrected chi connectivity index (χ3v) is 4.04. The van der Waals surface area contributed by atoms with Crippen molar-refractivity contribution in [1.29, 1.82) is 0 Å². The fraction of sp³-hybridized carbons (Fsp3) is 0.769. The average molecular weight is 294 g/mol. The summed E-state index contributed by atoms with van der Waals surface area (Å²) in [6, 6.07) is 0. The highest BCUT2D eigenvalue weighted by molar-refractivity contribution is 7.09. The van der Waals surface area contributed by atoms with Crippen LogP contribution in [-0.4, -0.2) is 11.2 Å². The topological polar surface area (TPSA) is 38.9 Å². The average Bonchev–Trinajstić information content (AvgIpc) is 2.62. The van der Waals surface area contributed by atoms with E-state index < -0.39 is 18.1 Å². The maximum atomic E-state index is 12.1. The Morgan fingerprint density at radius 2 is 1.74 bits per heavy atom. The van der Waals surface area contributed by atoms with Gasteiger partial charge in [0, 0.05) is 17.2 Å². The van der Waals surface area contributed by atoms with Gasteiger partial charge in [-0.05, 0) is 19.8 Å². The molecule has 1 unspecified atom stereocenters. The Hall–Kier alpha value is -0.620. The number of nitrogens with two attached hydrogens (primary N) is 1. The molecule has 0 aliphatic rings. The molecule has 2 N–H and O–H groups in total. The Morgan fingerprint density at radius 3 is 2.16 bits per heavy atom. The Labute approximate surface area is 116 Å². The van der Waals surface area contributed by atoms with Crippen LogP contribution in [0.25, 0.3) is 0 Å². The van der Waals surface area contributed by atoms with Crippen molar-refractivity contribution in [2.24, 2.45) is 5.73 Å². The van der Waals surface area contributed by atoms with Gasteiger partial charge in [0.05, 0.1) is 11.2 Å². The predicted octanol–water partition coefficient (Wildman–Crippen LogP) is 4.35. The first-order chi connectivity index (χ1) is 8.42. The second-order valence-electron chi connectivity index (χ2n) is 6.17. The summed E-state index contributed by atoms with van der Waals surface area (Å²) in [5.41, 5.74) is 6.17. The first-order valence-corrected chi connectivity index (χ1v) is 7.12. The van der Waals surface area contributed by atoms with E-state index in [-0.39, 0.29) is 18.3 Å². The minimum Gasteiger partial charge on any atom is -0.320 e. The maximum Gasteiger partial charge on any atom is 0.389 e. The molecule has 0 bridgehead atoms. The summed E-state index contributed by atoms with van der Waals surface area (Å²) < 4.78 is 36.4. The normalized spacial score (nSPS) is 16.4. The molecular weight excluding hydrogens is 273 g/mol. The van der Waals surface area contributed by atoms with Gasteiger partial charge >= 0.3 is 6.18 Å². The van der Waals surface area contributed by atoms with E-state index in [2.05, 4.69) is 4.98 Å². The van der Waals surface area contributed by atoms with Crippen molar-refractivity contribution in [3.8, 4) is 0 Å². The summed E-state index contributed by atoms with van der Waals surface area (Å²) in [4.78, 5) is 4.48. The quantitative estimate of drug-likeness (QED) is 0.896. The zero-order chi connectivity index (χ0) is 14.9. The lowest BCUT2D eigenvalue weighted by Gasteiger charge is -2.22. The summed E-state index contributed by atoms with van der Waals surface area (Å²) in [6.07, 6.45) is -4.60. The molecule has 0 amide bonds. The van der Waals surface area contributed by atoms with Gasteiger partial charge in [0.2, 0.25) is 0 Å². The molecule has 0 aliphatic heterocycles. The molecule has 0 aliphatic carbocycles. The molecule has 2 nitrogen and oxygen atoms in total. The highest BCUT2D eigenvalue weighted by atomic mass is 32.1. The van der Waals surface area contributed by atoms with Crippen LogP contribution in [-0.2, 0) is 11.0 Å². The van der Waals surface area contributed by atoms with Crippen LogP contribution in [0.5, 0.6) is 0 Å². The van der Waals surface area contributed by atoms with Gasteiger partial charge in [-0.25, -0.2) is 4.98 Å². The van der Waals surface area contributed by atoms with Crippen molar-refractivity contribution in [3.05, 3.63) is 16.1 Å². The van der Waals surface area contributed by atoms with E-state index in [4.69, 9.17) is 5.73 Å². The Bertz CT molecular complexity index is 416. The molecule has 19 heavy (non-hydrogen) atoms. The van der Waals surface area contributed by atoms with Crippen LogP contribution >= 0.6 is 11.3 Å². The molecule has 0 radical (unpaired) electrons. The largest absolute Gasteiger partial charge is 0.389 e. The molecule has 1 rings (SSSR count). The number of thiazole rings is 1. The number of aromatic nitrogens is 1. The second-order valence-corrected chi connectivity index (χ2v) is 7.03. The van der Waals surface area contributed by atoms with E-state index in [1.165, 1.54) is 11.3 Å². The number of hydrogen-bond acceptors (Lipinski definition) is 3. The van der Waals surface area contributed by atoms with Crippen molar-refractivity contribution in [3.63, 3.8) is 0 Å². The van der Waals surface area contributed by atoms with Gasteiger partial charge in [-0.3, -0.25) is 0 Å². The van der Waals surface area contributed by atoms with Crippen LogP contribution in [0.2, 0.25) is 0 Å². The van der Waals surface area contributed by atoms with Crippen molar-refractivity contribution < 1.29 is 13.2 Å². The molecule has 1 aromatic rings. The molecule has 0 saturated carbocycles. The predicted molar refractivity (Wildman–Crippen MR) is 72.3 cm³/mol. The maximum absolute atomic E-state index is 12.1. The summed E-state index contributed by atoms with van der Waals surface area (Å²) in [5, 5.41) is 2.64. The Balaban J connectivity index is 2.69. The van der Waals surface area contributed by atoms with Crippen molar-refractivity contribution >= 4 is 11.3 Å². The molecule has 1 aromatic heterocycles. The standard InChI is InChI=1S/C13H21F3N2S/c1-11(2,3)9-8-19-10(18-9)12(4,17)6-5-7-13(14,15)16/h8H,5-7,17H2,1-4H3. The van der Waals surface area contributed by atoms with E-state index in [1.807, 2.05) is 26.2 Å². The fourth-order valence-electron chi connectivity index (χ4n) is 1.64. The number of hydrogen-bond donors (Lipinski definition) is 1. The van der Waals surface area contributed by atoms with Gasteiger partial charge in [-0.2, -0.15) is 13.2 Å². The highest BCUT2D eigenvalue weighted by Crippen LogP contribution is 2.32. The van der Waals surface area contributed by atoms with Crippen LogP contribution < -0.4 is 5.73 Å². The van der Waals surface area contributed by atoms with Crippen LogP contribution in [0.15, 0.2) is 5.38 Å². The Kier molecular flexibility index (Phi) is 4.67. The molecular formula is C13H21F3N2S.